The van der Waals surface area contributed by atoms with Crippen LogP contribution in [-0.4, -0.2) is 33.2 Å². The fourth-order valence-electron chi connectivity index (χ4n) is 3.15. The van der Waals surface area contributed by atoms with Crippen LogP contribution in [-0.2, 0) is 20.9 Å². The van der Waals surface area contributed by atoms with E-state index in [0.717, 1.165) is 22.5 Å². The number of aryl methyl sites for hydroxylation is 1. The number of carbonyl (C=O) groups is 2. The molecule has 0 fully saturated rings. The van der Waals surface area contributed by atoms with Crippen molar-refractivity contribution in [2.24, 2.45) is 0 Å². The fraction of sp³-hybridized carbons (Fsp3) is 0.174. The first kappa shape index (κ1) is 23.7. The van der Waals surface area contributed by atoms with Gasteiger partial charge in [0.05, 0.1) is 17.2 Å². The lowest BCUT2D eigenvalue weighted by molar-refractivity contribution is -0.383. The molecule has 1 N–H and O–H groups in total. The highest BCUT2D eigenvalue weighted by atomic mass is 35.5. The second-order valence-corrected chi connectivity index (χ2v) is 7.50. The van der Waals surface area contributed by atoms with E-state index in [9.17, 15) is 19.7 Å². The second kappa shape index (κ2) is 10.6. The molecular formula is C23H21ClN4O5. The van der Waals surface area contributed by atoms with Gasteiger partial charge in [-0.15, -0.1) is 0 Å². The molecule has 0 atom stereocenters. The molecule has 9 nitrogen and oxygen atoms in total. The smallest absolute Gasteiger partial charge is 0.331 e. The van der Waals surface area contributed by atoms with E-state index in [4.69, 9.17) is 16.3 Å². The van der Waals surface area contributed by atoms with E-state index in [1.54, 1.807) is 16.8 Å². The zero-order valence-electron chi connectivity index (χ0n) is 17.9. The Balaban J connectivity index is 1.60. The van der Waals surface area contributed by atoms with Gasteiger partial charge in [-0.05, 0) is 37.6 Å². The Bertz CT molecular complexity index is 1240. The summed E-state index contributed by atoms with van der Waals surface area (Å²) in [5.74, 6) is -1.42. The largest absolute Gasteiger partial charge is 0.452 e. The molecule has 10 heteroatoms. The van der Waals surface area contributed by atoms with Crippen molar-refractivity contribution >= 4 is 40.9 Å². The SMILES string of the molecule is Cc1nn(Cc2ccccc2Cl)c(C)c1/C=C/C(=O)OCC(=O)Nc1ccccc1[N+](=O)[O-]. The summed E-state index contributed by atoms with van der Waals surface area (Å²) in [7, 11) is 0. The number of amides is 1. The summed E-state index contributed by atoms with van der Waals surface area (Å²) in [5.41, 5.74) is 3.00. The van der Waals surface area contributed by atoms with Gasteiger partial charge in [-0.1, -0.05) is 41.9 Å². The number of nitro groups is 1. The maximum absolute atomic E-state index is 12.1. The number of esters is 1. The van der Waals surface area contributed by atoms with Crippen LogP contribution in [0.25, 0.3) is 6.08 Å². The van der Waals surface area contributed by atoms with E-state index in [-0.39, 0.29) is 11.4 Å². The number of anilines is 1. The van der Waals surface area contributed by atoms with Gasteiger partial charge in [0.1, 0.15) is 5.69 Å². The Morgan fingerprint density at radius 2 is 1.88 bits per heavy atom. The summed E-state index contributed by atoms with van der Waals surface area (Å²) in [6.45, 7) is 3.60. The molecule has 1 aromatic heterocycles. The molecule has 0 aliphatic heterocycles. The number of nitro benzene ring substituents is 1. The first-order chi connectivity index (χ1) is 15.8. The number of benzene rings is 2. The monoisotopic (exact) mass is 468 g/mol. The van der Waals surface area contributed by atoms with Crippen LogP contribution in [0.1, 0.15) is 22.5 Å². The third-order valence-electron chi connectivity index (χ3n) is 4.82. The van der Waals surface area contributed by atoms with Gasteiger partial charge in [0.15, 0.2) is 6.61 Å². The average molecular weight is 469 g/mol. The number of para-hydroxylation sites is 2. The molecule has 1 heterocycles. The molecule has 0 unspecified atom stereocenters. The van der Waals surface area contributed by atoms with Crippen molar-refractivity contribution in [2.45, 2.75) is 20.4 Å². The van der Waals surface area contributed by atoms with Crippen LogP contribution in [0, 0.1) is 24.0 Å². The number of hydrogen-bond acceptors (Lipinski definition) is 6. The fourth-order valence-corrected chi connectivity index (χ4v) is 3.35. The first-order valence-electron chi connectivity index (χ1n) is 9.91. The van der Waals surface area contributed by atoms with Crippen molar-refractivity contribution in [3.63, 3.8) is 0 Å². The predicted octanol–water partition coefficient (Wildman–Crippen LogP) is 4.30. The highest BCUT2D eigenvalue weighted by molar-refractivity contribution is 6.31. The molecule has 0 bridgehead atoms. The first-order valence-corrected chi connectivity index (χ1v) is 10.3. The Morgan fingerprint density at radius 1 is 1.18 bits per heavy atom. The van der Waals surface area contributed by atoms with Crippen molar-refractivity contribution < 1.29 is 19.2 Å². The molecule has 1 amide bonds. The predicted molar refractivity (Wildman–Crippen MR) is 124 cm³/mol. The van der Waals surface area contributed by atoms with E-state index in [1.807, 2.05) is 38.1 Å². The van der Waals surface area contributed by atoms with Gasteiger partial charge >= 0.3 is 5.97 Å². The molecule has 0 aliphatic rings. The molecule has 0 saturated heterocycles. The normalized spacial score (nSPS) is 10.9. The minimum absolute atomic E-state index is 0.0243. The molecular weight excluding hydrogens is 448 g/mol. The summed E-state index contributed by atoms with van der Waals surface area (Å²) in [6.07, 6.45) is 2.78. The Hall–Kier alpha value is -3.98. The average Bonchev–Trinajstić information content (AvgIpc) is 3.05. The standard InChI is InChI=1S/C23H21ClN4O5/c1-15-18(16(2)27(26-15)13-17-7-3-4-8-19(17)24)11-12-23(30)33-14-22(29)25-20-9-5-6-10-21(20)28(31)32/h3-12H,13-14H2,1-2H3,(H,25,29)/b12-11+. The van der Waals surface area contributed by atoms with Crippen LogP contribution in [0.5, 0.6) is 0 Å². The van der Waals surface area contributed by atoms with E-state index in [1.165, 1.54) is 24.3 Å². The Kier molecular flexibility index (Phi) is 7.57. The summed E-state index contributed by atoms with van der Waals surface area (Å²) < 4.78 is 6.74. The third-order valence-corrected chi connectivity index (χ3v) is 5.19. The van der Waals surface area contributed by atoms with E-state index < -0.39 is 23.4 Å². The van der Waals surface area contributed by atoms with Gasteiger partial charge in [0.2, 0.25) is 0 Å². The van der Waals surface area contributed by atoms with Crippen LogP contribution in [0.15, 0.2) is 54.6 Å². The minimum atomic E-state index is -0.731. The lowest BCUT2D eigenvalue weighted by atomic mass is 10.1. The van der Waals surface area contributed by atoms with Crippen molar-refractivity contribution in [3.8, 4) is 0 Å². The Labute approximate surface area is 194 Å². The van der Waals surface area contributed by atoms with Gasteiger partial charge in [0, 0.05) is 28.4 Å². The number of nitrogens with zero attached hydrogens (tertiary/aromatic N) is 3. The summed E-state index contributed by atoms with van der Waals surface area (Å²) in [4.78, 5) is 34.5. The second-order valence-electron chi connectivity index (χ2n) is 7.10. The molecule has 0 aliphatic carbocycles. The van der Waals surface area contributed by atoms with E-state index >= 15 is 0 Å². The highest BCUT2D eigenvalue weighted by Gasteiger charge is 2.16. The number of halogens is 1. The number of nitrogens with one attached hydrogen (secondary N) is 1. The van der Waals surface area contributed by atoms with E-state index in [0.29, 0.717) is 11.6 Å². The molecule has 0 saturated carbocycles. The lowest BCUT2D eigenvalue weighted by Crippen LogP contribution is -2.20. The number of aromatic nitrogens is 2. The maximum atomic E-state index is 12.1. The zero-order valence-corrected chi connectivity index (χ0v) is 18.7. The quantitative estimate of drug-likeness (QED) is 0.228. The third kappa shape index (κ3) is 6.05. The van der Waals surface area contributed by atoms with E-state index in [2.05, 4.69) is 10.4 Å². The van der Waals surface area contributed by atoms with Crippen molar-refractivity contribution in [1.29, 1.82) is 0 Å². The molecule has 0 radical (unpaired) electrons. The van der Waals surface area contributed by atoms with Crippen molar-refractivity contribution in [3.05, 3.63) is 92.3 Å². The van der Waals surface area contributed by atoms with Crippen LogP contribution in [0.2, 0.25) is 5.02 Å². The van der Waals surface area contributed by atoms with Gasteiger partial charge in [-0.25, -0.2) is 4.79 Å². The number of hydrogen-bond donors (Lipinski definition) is 1. The summed E-state index contributed by atoms with van der Waals surface area (Å²) >= 11 is 6.23. The maximum Gasteiger partial charge on any atom is 0.331 e. The van der Waals surface area contributed by atoms with Gasteiger partial charge < -0.3 is 10.1 Å². The Morgan fingerprint density at radius 3 is 2.61 bits per heavy atom. The van der Waals surface area contributed by atoms with Crippen molar-refractivity contribution in [2.75, 3.05) is 11.9 Å². The number of carbonyl (C=O) groups excluding carboxylic acids is 2. The topological polar surface area (TPSA) is 116 Å². The number of ether oxygens (including phenoxy) is 1. The summed E-state index contributed by atoms with van der Waals surface area (Å²) in [5, 5.41) is 18.5. The van der Waals surface area contributed by atoms with Crippen LogP contribution in [0.4, 0.5) is 11.4 Å². The highest BCUT2D eigenvalue weighted by Crippen LogP contribution is 2.23. The number of rotatable bonds is 8. The molecule has 33 heavy (non-hydrogen) atoms. The van der Waals surface area contributed by atoms with Crippen LogP contribution in [0.3, 0.4) is 0 Å². The van der Waals surface area contributed by atoms with Crippen LogP contribution < -0.4 is 5.32 Å². The van der Waals surface area contributed by atoms with Crippen molar-refractivity contribution in [1.82, 2.24) is 9.78 Å². The lowest BCUT2D eigenvalue weighted by Gasteiger charge is -2.07. The molecule has 2 aromatic carbocycles. The van der Waals surface area contributed by atoms with Crippen LogP contribution >= 0.6 is 11.6 Å². The molecule has 3 aromatic rings. The van der Waals surface area contributed by atoms with Gasteiger partial charge in [-0.2, -0.15) is 5.10 Å². The van der Waals surface area contributed by atoms with Gasteiger partial charge in [0.25, 0.3) is 11.6 Å². The zero-order chi connectivity index (χ0) is 24.0. The minimum Gasteiger partial charge on any atom is -0.452 e. The molecule has 170 valence electrons. The summed E-state index contributed by atoms with van der Waals surface area (Å²) in [6, 6.07) is 13.2. The molecule has 3 rings (SSSR count). The molecule has 0 spiro atoms. The van der Waals surface area contributed by atoms with Gasteiger partial charge in [-0.3, -0.25) is 19.6 Å².